The average Bonchev–Trinajstić information content (AvgIpc) is 3.55. The number of methoxy groups -OCH3 is 2. The van der Waals surface area contributed by atoms with Gasteiger partial charge in [0.15, 0.2) is 4.80 Å². The molecule has 13 heteroatoms. The van der Waals surface area contributed by atoms with Crippen molar-refractivity contribution in [2.24, 2.45) is 4.99 Å². The molecule has 0 bridgehead atoms. The second-order valence-electron chi connectivity index (χ2n) is 9.03. The van der Waals surface area contributed by atoms with Gasteiger partial charge in [0.1, 0.15) is 29.1 Å². The Morgan fingerprint density at radius 3 is 2.67 bits per heavy atom. The molecule has 1 aliphatic heterocycles. The Morgan fingerprint density at radius 1 is 1.19 bits per heavy atom. The standard InChI is InChI=1S/C29H24ClN3O8S/c1-5-40-28(35)25-15(2)31-29-32(26(25)20-13-17(38-3)7-10-22(20)39-4)27(34)24(42-29)14-18-8-11-23(41-18)19-9-6-16(30)12-21(19)33(36)37/h6-14,26H,5H2,1-4H3/b24-14-/t26-/m0/s1. The number of allylic oxidation sites excluding steroid dienone is 1. The number of thiazole rings is 1. The minimum atomic E-state index is -0.920. The van der Waals surface area contributed by atoms with Crippen molar-refractivity contribution in [3.05, 3.63) is 106 Å². The number of aromatic nitrogens is 1. The van der Waals surface area contributed by atoms with Crippen molar-refractivity contribution in [1.29, 1.82) is 0 Å². The zero-order chi connectivity index (χ0) is 30.1. The number of rotatable bonds is 8. The lowest BCUT2D eigenvalue weighted by Crippen LogP contribution is -2.40. The Labute approximate surface area is 247 Å². The third-order valence-corrected chi connectivity index (χ3v) is 7.79. The van der Waals surface area contributed by atoms with E-state index in [1.54, 1.807) is 44.2 Å². The van der Waals surface area contributed by atoms with Gasteiger partial charge in [0.25, 0.3) is 11.2 Å². The second-order valence-corrected chi connectivity index (χ2v) is 10.5. The molecule has 1 aliphatic rings. The number of nitro groups is 1. The quantitative estimate of drug-likeness (QED) is 0.160. The van der Waals surface area contributed by atoms with Gasteiger partial charge in [-0.25, -0.2) is 9.79 Å². The predicted octanol–water partition coefficient (Wildman–Crippen LogP) is 4.64. The predicted molar refractivity (Wildman–Crippen MR) is 156 cm³/mol. The number of carbonyl (C=O) groups is 1. The molecule has 2 aromatic carbocycles. The highest BCUT2D eigenvalue weighted by Gasteiger charge is 2.35. The highest BCUT2D eigenvalue weighted by Crippen LogP contribution is 2.38. The van der Waals surface area contributed by atoms with Gasteiger partial charge < -0.3 is 18.6 Å². The van der Waals surface area contributed by atoms with Gasteiger partial charge in [-0.3, -0.25) is 19.5 Å². The van der Waals surface area contributed by atoms with Crippen molar-refractivity contribution >= 4 is 40.7 Å². The summed E-state index contributed by atoms with van der Waals surface area (Å²) < 4.78 is 23.9. The number of benzene rings is 2. The van der Waals surface area contributed by atoms with Crippen LogP contribution in [0, 0.1) is 10.1 Å². The Bertz CT molecular complexity index is 1940. The van der Waals surface area contributed by atoms with Crippen molar-refractivity contribution in [2.75, 3.05) is 20.8 Å². The average molecular weight is 610 g/mol. The number of furan rings is 1. The lowest BCUT2D eigenvalue weighted by Gasteiger charge is -2.26. The maximum absolute atomic E-state index is 13.9. The highest BCUT2D eigenvalue weighted by molar-refractivity contribution is 7.07. The van der Waals surface area contributed by atoms with Crippen LogP contribution in [0.4, 0.5) is 5.69 Å². The fraction of sp³-hybridized carbons (Fsp3) is 0.207. The lowest BCUT2D eigenvalue weighted by molar-refractivity contribution is -0.384. The van der Waals surface area contributed by atoms with E-state index < -0.39 is 22.5 Å². The number of nitro benzene ring substituents is 1. The van der Waals surface area contributed by atoms with Gasteiger partial charge in [-0.1, -0.05) is 22.9 Å². The number of halogens is 1. The molecular formula is C29H24ClN3O8S. The van der Waals surface area contributed by atoms with Crippen LogP contribution in [-0.2, 0) is 9.53 Å². The topological polar surface area (TPSA) is 135 Å². The first-order valence-electron chi connectivity index (χ1n) is 12.6. The van der Waals surface area contributed by atoms with E-state index in [4.69, 9.17) is 30.2 Å². The van der Waals surface area contributed by atoms with Crippen molar-refractivity contribution in [1.82, 2.24) is 4.57 Å². The Hall–Kier alpha value is -4.68. The summed E-state index contributed by atoms with van der Waals surface area (Å²) in [5, 5.41) is 11.8. The van der Waals surface area contributed by atoms with Crippen LogP contribution < -0.4 is 24.4 Å². The summed E-state index contributed by atoms with van der Waals surface area (Å²) in [5.74, 6) is 0.855. The molecule has 0 N–H and O–H groups in total. The molecule has 1 atom stereocenters. The van der Waals surface area contributed by atoms with Gasteiger partial charge in [-0.05, 0) is 56.3 Å². The largest absolute Gasteiger partial charge is 0.497 e. The Kier molecular flexibility index (Phi) is 8.01. The SMILES string of the molecule is CCOC(=O)C1=C(C)N=c2s/c(=C\c3ccc(-c4ccc(Cl)cc4[N+](=O)[O-])o3)c(=O)n2[C@H]1c1cc(OC)ccc1OC. The molecule has 0 fully saturated rings. The monoisotopic (exact) mass is 609 g/mol. The molecule has 4 aromatic rings. The van der Waals surface area contributed by atoms with Gasteiger partial charge in [0.05, 0.1) is 47.1 Å². The fourth-order valence-corrected chi connectivity index (χ4v) is 5.90. The number of ether oxygens (including phenoxy) is 3. The van der Waals surface area contributed by atoms with E-state index in [1.165, 1.54) is 43.1 Å². The molecule has 0 aliphatic carbocycles. The van der Waals surface area contributed by atoms with Crippen LogP contribution >= 0.6 is 22.9 Å². The normalized spacial score (nSPS) is 14.8. The van der Waals surface area contributed by atoms with Crippen LogP contribution in [0.15, 0.2) is 74.0 Å². The second kappa shape index (κ2) is 11.7. The first kappa shape index (κ1) is 28.8. The van der Waals surface area contributed by atoms with E-state index in [1.807, 2.05) is 0 Å². The van der Waals surface area contributed by atoms with Crippen molar-refractivity contribution < 1.29 is 28.3 Å². The van der Waals surface area contributed by atoms with Crippen LogP contribution in [0.2, 0.25) is 5.02 Å². The molecule has 0 unspecified atom stereocenters. The van der Waals surface area contributed by atoms with Crippen molar-refractivity contribution in [2.45, 2.75) is 19.9 Å². The number of fused-ring (bicyclic) bond motifs is 1. The summed E-state index contributed by atoms with van der Waals surface area (Å²) in [4.78, 5) is 43.1. The maximum Gasteiger partial charge on any atom is 0.338 e. The van der Waals surface area contributed by atoms with Gasteiger partial charge in [0, 0.05) is 22.7 Å². The summed E-state index contributed by atoms with van der Waals surface area (Å²) in [7, 11) is 3.01. The molecule has 216 valence electrons. The summed E-state index contributed by atoms with van der Waals surface area (Å²) in [6.45, 7) is 3.51. The third kappa shape index (κ3) is 5.21. The third-order valence-electron chi connectivity index (χ3n) is 6.57. The van der Waals surface area contributed by atoms with Crippen LogP contribution in [0.1, 0.15) is 31.2 Å². The molecule has 0 saturated carbocycles. The number of hydrogen-bond donors (Lipinski definition) is 0. The number of carbonyl (C=O) groups excluding carboxylic acids is 1. The van der Waals surface area contributed by atoms with Crippen LogP contribution in [-0.4, -0.2) is 36.3 Å². The van der Waals surface area contributed by atoms with Crippen molar-refractivity contribution in [3.8, 4) is 22.8 Å². The molecular weight excluding hydrogens is 586 g/mol. The first-order valence-corrected chi connectivity index (χ1v) is 13.8. The zero-order valence-electron chi connectivity index (χ0n) is 22.9. The van der Waals surface area contributed by atoms with E-state index in [0.717, 1.165) is 11.3 Å². The number of nitrogens with zero attached hydrogens (tertiary/aromatic N) is 3. The van der Waals surface area contributed by atoms with E-state index in [-0.39, 0.29) is 44.5 Å². The molecule has 5 rings (SSSR count). The molecule has 0 radical (unpaired) electrons. The molecule has 0 amide bonds. The number of hydrogen-bond acceptors (Lipinski definition) is 10. The van der Waals surface area contributed by atoms with Gasteiger partial charge in [0.2, 0.25) is 0 Å². The molecule has 42 heavy (non-hydrogen) atoms. The van der Waals surface area contributed by atoms with Crippen LogP contribution in [0.25, 0.3) is 17.4 Å². The summed E-state index contributed by atoms with van der Waals surface area (Å²) in [6.07, 6.45) is 1.53. The van der Waals surface area contributed by atoms with E-state index in [2.05, 4.69) is 4.99 Å². The molecule has 0 saturated heterocycles. The Morgan fingerprint density at radius 2 is 1.98 bits per heavy atom. The first-order chi connectivity index (χ1) is 20.2. The maximum atomic E-state index is 13.9. The van der Waals surface area contributed by atoms with E-state index in [0.29, 0.717) is 27.6 Å². The van der Waals surface area contributed by atoms with E-state index in [9.17, 15) is 19.7 Å². The molecule has 3 heterocycles. The minimum Gasteiger partial charge on any atom is -0.497 e. The lowest BCUT2D eigenvalue weighted by atomic mass is 9.95. The summed E-state index contributed by atoms with van der Waals surface area (Å²) in [5.41, 5.74) is 0.696. The molecule has 2 aromatic heterocycles. The van der Waals surface area contributed by atoms with Crippen LogP contribution in [0.3, 0.4) is 0 Å². The Balaban J connectivity index is 1.68. The van der Waals surface area contributed by atoms with E-state index >= 15 is 0 Å². The molecule has 0 spiro atoms. The van der Waals surface area contributed by atoms with Gasteiger partial charge >= 0.3 is 5.97 Å². The number of esters is 1. The summed E-state index contributed by atoms with van der Waals surface area (Å²) in [6, 6.07) is 11.6. The van der Waals surface area contributed by atoms with Gasteiger partial charge in [-0.15, -0.1) is 0 Å². The molecule has 11 nitrogen and oxygen atoms in total. The van der Waals surface area contributed by atoms with Crippen molar-refractivity contribution in [3.63, 3.8) is 0 Å². The summed E-state index contributed by atoms with van der Waals surface area (Å²) >= 11 is 7.05. The zero-order valence-corrected chi connectivity index (χ0v) is 24.4. The highest BCUT2D eigenvalue weighted by atomic mass is 35.5. The van der Waals surface area contributed by atoms with Crippen LogP contribution in [0.5, 0.6) is 11.5 Å². The minimum absolute atomic E-state index is 0.134. The smallest absolute Gasteiger partial charge is 0.338 e. The fourth-order valence-electron chi connectivity index (χ4n) is 4.71. The van der Waals surface area contributed by atoms with Gasteiger partial charge in [-0.2, -0.15) is 0 Å².